The number of rotatable bonds is 4. The van der Waals surface area contributed by atoms with Gasteiger partial charge in [0.1, 0.15) is 17.6 Å². The van der Waals surface area contributed by atoms with E-state index in [0.717, 1.165) is 33.8 Å². The zero-order valence-corrected chi connectivity index (χ0v) is 15.3. The van der Waals surface area contributed by atoms with E-state index in [4.69, 9.17) is 5.26 Å². The van der Waals surface area contributed by atoms with Crippen LogP contribution in [-0.4, -0.2) is 27.0 Å². The molecule has 0 radical (unpaired) electrons. The second-order valence-electron chi connectivity index (χ2n) is 6.67. The molecule has 142 valence electrons. The molecule has 9 heteroatoms. The van der Waals surface area contributed by atoms with Gasteiger partial charge in [0.2, 0.25) is 0 Å². The van der Waals surface area contributed by atoms with Crippen LogP contribution in [0.1, 0.15) is 11.3 Å². The number of hydrazine groups is 2. The molecule has 5 rings (SSSR count). The van der Waals surface area contributed by atoms with Gasteiger partial charge in [-0.25, -0.2) is 9.98 Å². The Bertz CT molecular complexity index is 1180. The maximum Gasteiger partial charge on any atom is 0.156 e. The first-order valence-corrected chi connectivity index (χ1v) is 9.08. The standard InChI is InChI=1S/C20H17N9/c21-10-16-9-15(5-7-22-16)25-18-11-24-19-20(26-18)29(28-27-19)12-13-3-4-17-14(8-13)2-1-6-23-17/h1-9,11,20,26,28H,12H2,(H,22,25)(H,24,27). The molecule has 0 aliphatic carbocycles. The first-order chi connectivity index (χ1) is 14.3. The lowest BCUT2D eigenvalue weighted by Crippen LogP contribution is -2.49. The van der Waals surface area contributed by atoms with E-state index in [1.165, 1.54) is 0 Å². The number of nitrogens with one attached hydrogen (secondary N) is 4. The number of amidine groups is 1. The summed E-state index contributed by atoms with van der Waals surface area (Å²) in [7, 11) is 0. The van der Waals surface area contributed by atoms with Gasteiger partial charge in [0.25, 0.3) is 0 Å². The molecule has 2 aliphatic rings. The van der Waals surface area contributed by atoms with Crippen molar-refractivity contribution in [1.82, 2.24) is 31.3 Å². The molecular weight excluding hydrogens is 366 g/mol. The van der Waals surface area contributed by atoms with E-state index in [9.17, 15) is 0 Å². The lowest BCUT2D eigenvalue weighted by atomic mass is 10.1. The molecule has 1 fully saturated rings. The van der Waals surface area contributed by atoms with Gasteiger partial charge in [-0.1, -0.05) is 12.1 Å². The molecule has 0 spiro atoms. The topological polar surface area (TPSA) is 113 Å². The van der Waals surface area contributed by atoms with E-state index in [1.54, 1.807) is 30.7 Å². The third kappa shape index (κ3) is 3.45. The fourth-order valence-electron chi connectivity index (χ4n) is 3.32. The zero-order valence-electron chi connectivity index (χ0n) is 15.3. The van der Waals surface area contributed by atoms with Gasteiger partial charge < -0.3 is 10.6 Å². The highest BCUT2D eigenvalue weighted by atomic mass is 15.8. The van der Waals surface area contributed by atoms with E-state index in [-0.39, 0.29) is 6.17 Å². The van der Waals surface area contributed by atoms with E-state index >= 15 is 0 Å². The lowest BCUT2D eigenvalue weighted by molar-refractivity contribution is 0.159. The molecule has 1 saturated heterocycles. The lowest BCUT2D eigenvalue weighted by Gasteiger charge is -2.27. The molecule has 9 nitrogen and oxygen atoms in total. The summed E-state index contributed by atoms with van der Waals surface area (Å²) in [6, 6.07) is 15.8. The largest absolute Gasteiger partial charge is 0.347 e. The average molecular weight is 383 g/mol. The van der Waals surface area contributed by atoms with Crippen LogP contribution in [0.4, 0.5) is 5.69 Å². The van der Waals surface area contributed by atoms with E-state index in [1.807, 2.05) is 23.2 Å². The van der Waals surface area contributed by atoms with Gasteiger partial charge in [-0.2, -0.15) is 15.8 Å². The summed E-state index contributed by atoms with van der Waals surface area (Å²) in [6.07, 6.45) is 4.94. The molecule has 1 aromatic carbocycles. The van der Waals surface area contributed by atoms with Crippen molar-refractivity contribution >= 4 is 22.4 Å². The fraction of sp³-hybridized carbons (Fsp3) is 0.100. The van der Waals surface area contributed by atoms with Crippen LogP contribution in [0.5, 0.6) is 0 Å². The second kappa shape index (κ2) is 7.20. The second-order valence-corrected chi connectivity index (χ2v) is 6.67. The number of nitrogens with zero attached hydrogens (tertiary/aromatic N) is 5. The molecule has 2 aliphatic heterocycles. The predicted molar refractivity (Wildman–Crippen MR) is 109 cm³/mol. The maximum absolute atomic E-state index is 9.01. The Morgan fingerprint density at radius 2 is 2.10 bits per heavy atom. The molecule has 2 aromatic heterocycles. The summed E-state index contributed by atoms with van der Waals surface area (Å²) in [6.45, 7) is 0.662. The Morgan fingerprint density at radius 3 is 3.03 bits per heavy atom. The van der Waals surface area contributed by atoms with E-state index < -0.39 is 0 Å². The minimum atomic E-state index is -0.163. The van der Waals surface area contributed by atoms with Crippen molar-refractivity contribution in [3.8, 4) is 6.07 Å². The van der Waals surface area contributed by atoms with Crippen LogP contribution < -0.4 is 21.6 Å². The fourth-order valence-corrected chi connectivity index (χ4v) is 3.32. The summed E-state index contributed by atoms with van der Waals surface area (Å²) < 4.78 is 0. The summed E-state index contributed by atoms with van der Waals surface area (Å²) >= 11 is 0. The van der Waals surface area contributed by atoms with Crippen LogP contribution in [0, 0.1) is 11.3 Å². The van der Waals surface area contributed by atoms with Gasteiger partial charge in [-0.15, -0.1) is 0 Å². The third-order valence-electron chi connectivity index (χ3n) is 4.70. The third-order valence-corrected chi connectivity index (χ3v) is 4.70. The summed E-state index contributed by atoms with van der Waals surface area (Å²) in [5.41, 5.74) is 9.50. The van der Waals surface area contributed by atoms with Crippen molar-refractivity contribution < 1.29 is 0 Å². The molecule has 0 saturated carbocycles. The number of hydrogen-bond donors (Lipinski definition) is 4. The smallest absolute Gasteiger partial charge is 0.156 e. The summed E-state index contributed by atoms with van der Waals surface area (Å²) in [5.74, 6) is 1.51. The number of fused-ring (bicyclic) bond motifs is 2. The summed E-state index contributed by atoms with van der Waals surface area (Å²) in [4.78, 5) is 12.8. The van der Waals surface area contributed by atoms with Crippen molar-refractivity contribution in [2.24, 2.45) is 4.99 Å². The molecule has 0 amide bonds. The first-order valence-electron chi connectivity index (χ1n) is 9.08. The summed E-state index contributed by atoms with van der Waals surface area (Å²) in [5, 5.41) is 18.8. The highest BCUT2D eigenvalue weighted by molar-refractivity contribution is 5.89. The Morgan fingerprint density at radius 1 is 1.14 bits per heavy atom. The number of anilines is 1. The Kier molecular flexibility index (Phi) is 4.25. The van der Waals surface area contributed by atoms with Gasteiger partial charge in [0.15, 0.2) is 12.0 Å². The first kappa shape index (κ1) is 17.1. The predicted octanol–water partition coefficient (Wildman–Crippen LogP) is 1.57. The Balaban J connectivity index is 1.31. The number of pyridine rings is 2. The SMILES string of the molecule is N#Cc1cc(NC2=CN=C3NNN(Cc4ccc5ncccc5c4)C3N2)ccn1. The molecule has 4 heterocycles. The van der Waals surface area contributed by atoms with Crippen LogP contribution in [-0.2, 0) is 6.54 Å². The highest BCUT2D eigenvalue weighted by Crippen LogP contribution is 2.18. The number of aliphatic imine (C=N–C) groups is 1. The zero-order chi connectivity index (χ0) is 19.6. The van der Waals surface area contributed by atoms with Crippen molar-refractivity contribution in [3.63, 3.8) is 0 Å². The Hall–Kier alpha value is -4.00. The average Bonchev–Trinajstić information content (AvgIpc) is 3.16. The van der Waals surface area contributed by atoms with Crippen LogP contribution in [0.2, 0.25) is 0 Å². The molecule has 1 atom stereocenters. The number of benzene rings is 1. The maximum atomic E-state index is 9.01. The van der Waals surface area contributed by atoms with Gasteiger partial charge in [-0.05, 0) is 35.9 Å². The molecule has 0 bridgehead atoms. The minimum Gasteiger partial charge on any atom is -0.347 e. The van der Waals surface area contributed by atoms with E-state index in [0.29, 0.717) is 12.2 Å². The van der Waals surface area contributed by atoms with Crippen molar-refractivity contribution in [1.29, 1.82) is 5.26 Å². The number of aromatic nitrogens is 2. The highest BCUT2D eigenvalue weighted by Gasteiger charge is 2.32. The van der Waals surface area contributed by atoms with Gasteiger partial charge >= 0.3 is 0 Å². The normalized spacial score (nSPS) is 18.1. The molecule has 4 N–H and O–H groups in total. The van der Waals surface area contributed by atoms with Gasteiger partial charge in [-0.3, -0.25) is 10.4 Å². The molecule has 3 aromatic rings. The van der Waals surface area contributed by atoms with Crippen LogP contribution in [0.15, 0.2) is 71.9 Å². The number of hydrogen-bond acceptors (Lipinski definition) is 9. The van der Waals surface area contributed by atoms with Gasteiger partial charge in [0, 0.05) is 30.0 Å². The van der Waals surface area contributed by atoms with Crippen molar-refractivity contribution in [2.45, 2.75) is 12.7 Å². The van der Waals surface area contributed by atoms with Crippen LogP contribution in [0.3, 0.4) is 0 Å². The molecule has 1 unspecified atom stereocenters. The quantitative estimate of drug-likeness (QED) is 0.537. The minimum absolute atomic E-state index is 0.163. The van der Waals surface area contributed by atoms with Crippen LogP contribution >= 0.6 is 0 Å². The Labute approximate surface area is 166 Å². The molecule has 29 heavy (non-hydrogen) atoms. The molecular formula is C20H17N9. The van der Waals surface area contributed by atoms with Crippen molar-refractivity contribution in [3.05, 3.63) is 78.1 Å². The van der Waals surface area contributed by atoms with Gasteiger partial charge in [0.05, 0.1) is 11.7 Å². The van der Waals surface area contributed by atoms with E-state index in [2.05, 4.69) is 54.8 Å². The number of nitriles is 1. The monoisotopic (exact) mass is 383 g/mol. The van der Waals surface area contributed by atoms with Crippen LogP contribution in [0.25, 0.3) is 10.9 Å². The van der Waals surface area contributed by atoms with Crippen molar-refractivity contribution in [2.75, 3.05) is 5.32 Å².